The van der Waals surface area contributed by atoms with Crippen LogP contribution in [-0.4, -0.2) is 26.9 Å². The lowest BCUT2D eigenvalue weighted by atomic mass is 10.1. The van der Waals surface area contributed by atoms with Crippen molar-refractivity contribution >= 4 is 16.8 Å². The first-order valence-corrected chi connectivity index (χ1v) is 7.92. The standard InChI is InChI=1S/C17H21N3O2/c1-3-4-7-10-19-12(2)16-18-14-9-6-5-8-13(14)17(22)20(16)11-15(19)21/h5-6,8-9,12H,3-4,7,10-11H2,1-2H3/t12-/m1/s1. The molecule has 0 unspecified atom stereocenters. The smallest absolute Gasteiger partial charge is 0.261 e. The highest BCUT2D eigenvalue weighted by Crippen LogP contribution is 2.24. The average molecular weight is 299 g/mol. The summed E-state index contributed by atoms with van der Waals surface area (Å²) in [7, 11) is 0. The highest BCUT2D eigenvalue weighted by atomic mass is 16.2. The van der Waals surface area contributed by atoms with Gasteiger partial charge in [0.05, 0.1) is 16.9 Å². The molecule has 0 N–H and O–H groups in total. The molecule has 5 nitrogen and oxygen atoms in total. The lowest BCUT2D eigenvalue weighted by Gasteiger charge is -2.35. The van der Waals surface area contributed by atoms with Crippen molar-refractivity contribution in [3.05, 3.63) is 40.4 Å². The van der Waals surface area contributed by atoms with Crippen molar-refractivity contribution in [1.29, 1.82) is 0 Å². The van der Waals surface area contributed by atoms with Crippen molar-refractivity contribution in [2.45, 2.75) is 45.7 Å². The first kappa shape index (κ1) is 14.8. The third-order valence-electron chi connectivity index (χ3n) is 4.35. The van der Waals surface area contributed by atoms with E-state index in [2.05, 4.69) is 11.9 Å². The van der Waals surface area contributed by atoms with Crippen LogP contribution < -0.4 is 5.56 Å². The molecule has 0 saturated carbocycles. The number of hydrogen-bond acceptors (Lipinski definition) is 3. The zero-order chi connectivity index (χ0) is 15.7. The van der Waals surface area contributed by atoms with Crippen LogP contribution in [0.5, 0.6) is 0 Å². The molecule has 22 heavy (non-hydrogen) atoms. The first-order valence-electron chi connectivity index (χ1n) is 7.92. The van der Waals surface area contributed by atoms with Crippen molar-refractivity contribution in [2.75, 3.05) is 6.54 Å². The molecule has 0 fully saturated rings. The van der Waals surface area contributed by atoms with Gasteiger partial charge >= 0.3 is 0 Å². The number of nitrogens with zero attached hydrogens (tertiary/aromatic N) is 3. The maximum absolute atomic E-state index is 12.6. The topological polar surface area (TPSA) is 55.2 Å². The molecule has 0 aliphatic carbocycles. The zero-order valence-electron chi connectivity index (χ0n) is 13.1. The van der Waals surface area contributed by atoms with Crippen LogP contribution >= 0.6 is 0 Å². The molecule has 2 heterocycles. The fourth-order valence-electron chi connectivity index (χ4n) is 3.09. The van der Waals surface area contributed by atoms with Gasteiger partial charge in [0.2, 0.25) is 5.91 Å². The van der Waals surface area contributed by atoms with E-state index in [1.807, 2.05) is 30.0 Å². The van der Waals surface area contributed by atoms with E-state index in [0.29, 0.717) is 16.7 Å². The number of fused-ring (bicyclic) bond motifs is 2. The van der Waals surface area contributed by atoms with Crippen LogP contribution in [0.25, 0.3) is 10.9 Å². The molecule has 1 aliphatic heterocycles. The van der Waals surface area contributed by atoms with Gasteiger partial charge in [-0.25, -0.2) is 4.98 Å². The van der Waals surface area contributed by atoms with Crippen LogP contribution in [0.4, 0.5) is 0 Å². The van der Waals surface area contributed by atoms with Crippen LogP contribution in [0, 0.1) is 0 Å². The number of carbonyl (C=O) groups excluding carboxylic acids is 1. The maximum Gasteiger partial charge on any atom is 0.261 e. The maximum atomic E-state index is 12.6. The summed E-state index contributed by atoms with van der Waals surface area (Å²) in [6.45, 7) is 4.93. The summed E-state index contributed by atoms with van der Waals surface area (Å²) in [5, 5.41) is 0.575. The summed E-state index contributed by atoms with van der Waals surface area (Å²) < 4.78 is 1.53. The molecular formula is C17H21N3O2. The fraction of sp³-hybridized carbons (Fsp3) is 0.471. The highest BCUT2D eigenvalue weighted by molar-refractivity contribution is 5.81. The number of hydrogen-bond donors (Lipinski definition) is 0. The minimum Gasteiger partial charge on any atom is -0.331 e. The second kappa shape index (κ2) is 5.91. The van der Waals surface area contributed by atoms with Gasteiger partial charge in [-0.1, -0.05) is 31.9 Å². The van der Waals surface area contributed by atoms with Crippen molar-refractivity contribution < 1.29 is 4.79 Å². The van der Waals surface area contributed by atoms with Gasteiger partial charge in [0.1, 0.15) is 12.4 Å². The molecule has 1 aliphatic rings. The van der Waals surface area contributed by atoms with Gasteiger partial charge in [-0.2, -0.15) is 0 Å². The molecular weight excluding hydrogens is 278 g/mol. The van der Waals surface area contributed by atoms with Gasteiger partial charge in [-0.3, -0.25) is 14.2 Å². The van der Waals surface area contributed by atoms with E-state index in [4.69, 9.17) is 0 Å². The number of amides is 1. The second-order valence-electron chi connectivity index (χ2n) is 5.85. The molecule has 3 rings (SSSR count). The van der Waals surface area contributed by atoms with E-state index in [1.54, 1.807) is 6.07 Å². The number of unbranched alkanes of at least 4 members (excludes halogenated alkanes) is 2. The molecule has 116 valence electrons. The molecule has 0 spiro atoms. The molecule has 0 bridgehead atoms. The predicted molar refractivity (Wildman–Crippen MR) is 85.7 cm³/mol. The van der Waals surface area contributed by atoms with Crippen molar-refractivity contribution in [3.8, 4) is 0 Å². The van der Waals surface area contributed by atoms with Crippen LogP contribution in [0.1, 0.15) is 45.0 Å². The molecule has 1 amide bonds. The Hall–Kier alpha value is -2.17. The van der Waals surface area contributed by atoms with E-state index in [1.165, 1.54) is 4.57 Å². The lowest BCUT2D eigenvalue weighted by molar-refractivity contribution is -0.136. The number of aromatic nitrogens is 2. The normalized spacial score (nSPS) is 17.8. The quantitative estimate of drug-likeness (QED) is 0.815. The van der Waals surface area contributed by atoms with Gasteiger partial charge in [0.15, 0.2) is 0 Å². The summed E-state index contributed by atoms with van der Waals surface area (Å²) in [5.41, 5.74) is 0.586. The molecule has 5 heteroatoms. The Kier molecular flexibility index (Phi) is 3.96. The summed E-state index contributed by atoms with van der Waals surface area (Å²) >= 11 is 0. The largest absolute Gasteiger partial charge is 0.331 e. The Labute approximate surface area is 129 Å². The summed E-state index contributed by atoms with van der Waals surface area (Å²) in [6, 6.07) is 7.16. The molecule has 2 aromatic rings. The monoisotopic (exact) mass is 299 g/mol. The van der Waals surface area contributed by atoms with Crippen LogP contribution in [0.2, 0.25) is 0 Å². The number of benzene rings is 1. The number of rotatable bonds is 4. The minimum atomic E-state index is -0.157. The number of para-hydroxylation sites is 1. The number of carbonyl (C=O) groups is 1. The van der Waals surface area contributed by atoms with Crippen molar-refractivity contribution in [2.24, 2.45) is 0 Å². The summed E-state index contributed by atoms with van der Waals surface area (Å²) in [4.78, 5) is 31.5. The van der Waals surface area contributed by atoms with E-state index in [0.717, 1.165) is 25.8 Å². The third-order valence-corrected chi connectivity index (χ3v) is 4.35. The van der Waals surface area contributed by atoms with Crippen molar-refractivity contribution in [3.63, 3.8) is 0 Å². The zero-order valence-corrected chi connectivity index (χ0v) is 13.1. The Bertz CT molecular complexity index is 766. The van der Waals surface area contributed by atoms with Crippen LogP contribution in [0.3, 0.4) is 0 Å². The molecule has 1 aromatic carbocycles. The van der Waals surface area contributed by atoms with E-state index < -0.39 is 0 Å². The van der Waals surface area contributed by atoms with Gasteiger partial charge in [-0.15, -0.1) is 0 Å². The van der Waals surface area contributed by atoms with Gasteiger partial charge in [0.25, 0.3) is 5.56 Å². The van der Waals surface area contributed by atoms with Gasteiger partial charge < -0.3 is 4.90 Å². The lowest BCUT2D eigenvalue weighted by Crippen LogP contribution is -2.46. The molecule has 0 saturated heterocycles. The van der Waals surface area contributed by atoms with Crippen LogP contribution in [-0.2, 0) is 11.3 Å². The highest BCUT2D eigenvalue weighted by Gasteiger charge is 2.31. The van der Waals surface area contributed by atoms with Crippen molar-refractivity contribution in [1.82, 2.24) is 14.5 Å². The van der Waals surface area contributed by atoms with Crippen LogP contribution in [0.15, 0.2) is 29.1 Å². The SMILES string of the molecule is CCCCCN1C(=O)Cn2c(nc3ccccc3c2=O)[C@H]1C. The third kappa shape index (κ3) is 2.40. The molecule has 1 atom stereocenters. The summed E-state index contributed by atoms with van der Waals surface area (Å²) in [5.74, 6) is 0.704. The van der Waals surface area contributed by atoms with Gasteiger partial charge in [-0.05, 0) is 25.5 Å². The van der Waals surface area contributed by atoms with Gasteiger partial charge in [0, 0.05) is 6.54 Å². The molecule has 1 aromatic heterocycles. The Morgan fingerprint density at radius 2 is 2.00 bits per heavy atom. The Morgan fingerprint density at radius 1 is 1.23 bits per heavy atom. The van der Waals surface area contributed by atoms with E-state index >= 15 is 0 Å². The first-order chi connectivity index (χ1) is 10.6. The molecule has 0 radical (unpaired) electrons. The predicted octanol–water partition coefficient (Wildman–Crippen LogP) is 2.49. The Morgan fingerprint density at radius 3 is 2.77 bits per heavy atom. The minimum absolute atomic E-state index is 0.00952. The average Bonchev–Trinajstić information content (AvgIpc) is 2.52. The second-order valence-corrected chi connectivity index (χ2v) is 5.85. The van der Waals surface area contributed by atoms with E-state index in [-0.39, 0.29) is 24.1 Å². The van der Waals surface area contributed by atoms with E-state index in [9.17, 15) is 9.59 Å². The fourth-order valence-corrected chi connectivity index (χ4v) is 3.09. The Balaban J connectivity index is 2.03. The summed E-state index contributed by atoms with van der Waals surface area (Å²) in [6.07, 6.45) is 3.22.